The molecule has 2 rings (SSSR count). The van der Waals surface area contributed by atoms with E-state index in [2.05, 4.69) is 55.3 Å². The second-order valence-corrected chi connectivity index (χ2v) is 5.26. The van der Waals surface area contributed by atoms with E-state index in [4.69, 9.17) is 0 Å². The fraction of sp³-hybridized carbons (Fsp3) is 0.357. The SMILES string of the molecule is Cc1ccccc1[C@H](C)NCc1scnc1C. The standard InChI is InChI=1S/C14H18N2S/c1-10-6-4-5-7-13(10)11(2)15-8-14-12(3)16-9-17-14/h4-7,9,11,15H,8H2,1-3H3/t11-/m0/s1. The molecule has 0 saturated carbocycles. The molecule has 1 atom stereocenters. The minimum absolute atomic E-state index is 0.373. The van der Waals surface area contributed by atoms with Crippen molar-refractivity contribution in [2.75, 3.05) is 0 Å². The zero-order valence-electron chi connectivity index (χ0n) is 10.5. The van der Waals surface area contributed by atoms with Crippen molar-refractivity contribution in [3.8, 4) is 0 Å². The Morgan fingerprint density at radius 1 is 1.29 bits per heavy atom. The average Bonchev–Trinajstić information content (AvgIpc) is 2.72. The number of rotatable bonds is 4. The predicted octanol–water partition coefficient (Wildman–Crippen LogP) is 3.61. The van der Waals surface area contributed by atoms with Gasteiger partial charge in [-0.1, -0.05) is 24.3 Å². The molecule has 0 saturated heterocycles. The van der Waals surface area contributed by atoms with Gasteiger partial charge in [-0.25, -0.2) is 4.98 Å². The molecular formula is C14H18N2S. The van der Waals surface area contributed by atoms with Crippen molar-refractivity contribution in [1.29, 1.82) is 0 Å². The van der Waals surface area contributed by atoms with E-state index >= 15 is 0 Å². The van der Waals surface area contributed by atoms with Crippen LogP contribution in [0.5, 0.6) is 0 Å². The summed E-state index contributed by atoms with van der Waals surface area (Å²) < 4.78 is 0. The van der Waals surface area contributed by atoms with Crippen LogP contribution in [-0.2, 0) is 6.54 Å². The summed E-state index contributed by atoms with van der Waals surface area (Å²) in [6.45, 7) is 7.32. The van der Waals surface area contributed by atoms with Gasteiger partial charge in [0.25, 0.3) is 0 Å². The lowest BCUT2D eigenvalue weighted by atomic mass is 10.0. The molecule has 3 heteroatoms. The lowest BCUT2D eigenvalue weighted by Gasteiger charge is -2.16. The number of hydrogen-bond acceptors (Lipinski definition) is 3. The third kappa shape index (κ3) is 2.93. The molecule has 0 bridgehead atoms. The summed E-state index contributed by atoms with van der Waals surface area (Å²) in [5.41, 5.74) is 5.76. The van der Waals surface area contributed by atoms with Crippen molar-refractivity contribution in [2.45, 2.75) is 33.4 Å². The molecule has 0 amide bonds. The molecule has 2 nitrogen and oxygen atoms in total. The average molecular weight is 246 g/mol. The maximum Gasteiger partial charge on any atom is 0.0798 e. The molecule has 1 aromatic carbocycles. The lowest BCUT2D eigenvalue weighted by molar-refractivity contribution is 0.574. The fourth-order valence-corrected chi connectivity index (χ4v) is 2.65. The highest BCUT2D eigenvalue weighted by Gasteiger charge is 2.08. The van der Waals surface area contributed by atoms with Crippen molar-refractivity contribution in [1.82, 2.24) is 10.3 Å². The molecule has 17 heavy (non-hydrogen) atoms. The van der Waals surface area contributed by atoms with Crippen molar-refractivity contribution in [3.63, 3.8) is 0 Å². The molecule has 0 aliphatic carbocycles. The van der Waals surface area contributed by atoms with Gasteiger partial charge in [0.1, 0.15) is 0 Å². The van der Waals surface area contributed by atoms with E-state index in [0.29, 0.717) is 6.04 Å². The Morgan fingerprint density at radius 2 is 2.06 bits per heavy atom. The van der Waals surface area contributed by atoms with Gasteiger partial charge in [0.05, 0.1) is 11.2 Å². The predicted molar refractivity (Wildman–Crippen MR) is 73.3 cm³/mol. The number of benzene rings is 1. The Hall–Kier alpha value is -1.19. The summed E-state index contributed by atoms with van der Waals surface area (Å²) in [4.78, 5) is 5.59. The summed E-state index contributed by atoms with van der Waals surface area (Å²) in [6.07, 6.45) is 0. The number of hydrogen-bond donors (Lipinski definition) is 1. The maximum atomic E-state index is 4.26. The lowest BCUT2D eigenvalue weighted by Crippen LogP contribution is -2.18. The topological polar surface area (TPSA) is 24.9 Å². The third-order valence-corrected chi connectivity index (χ3v) is 4.00. The largest absolute Gasteiger partial charge is 0.305 e. The van der Waals surface area contributed by atoms with Crippen LogP contribution >= 0.6 is 11.3 Å². The highest BCUT2D eigenvalue weighted by Crippen LogP contribution is 2.18. The molecule has 0 aliphatic rings. The molecule has 2 aromatic rings. The molecule has 1 heterocycles. The smallest absolute Gasteiger partial charge is 0.0798 e. The van der Waals surface area contributed by atoms with E-state index in [0.717, 1.165) is 12.2 Å². The van der Waals surface area contributed by atoms with Crippen LogP contribution in [0.2, 0.25) is 0 Å². The molecule has 0 unspecified atom stereocenters. The first-order valence-corrected chi connectivity index (χ1v) is 6.74. The second kappa shape index (κ2) is 5.43. The Bertz CT molecular complexity index is 490. The number of aryl methyl sites for hydroxylation is 2. The summed E-state index contributed by atoms with van der Waals surface area (Å²) >= 11 is 1.72. The monoisotopic (exact) mass is 246 g/mol. The zero-order valence-corrected chi connectivity index (χ0v) is 11.3. The van der Waals surface area contributed by atoms with Crippen molar-refractivity contribution in [3.05, 3.63) is 51.5 Å². The van der Waals surface area contributed by atoms with Crippen molar-refractivity contribution >= 4 is 11.3 Å². The Morgan fingerprint density at radius 3 is 2.71 bits per heavy atom. The molecule has 90 valence electrons. The first kappa shape index (κ1) is 12.3. The summed E-state index contributed by atoms with van der Waals surface area (Å²) in [7, 11) is 0. The van der Waals surface area contributed by atoms with Crippen LogP contribution in [0.3, 0.4) is 0 Å². The Balaban J connectivity index is 2.01. The van der Waals surface area contributed by atoms with Gasteiger partial charge in [0.15, 0.2) is 0 Å². The minimum Gasteiger partial charge on any atom is -0.305 e. The molecule has 0 radical (unpaired) electrons. The van der Waals surface area contributed by atoms with E-state index in [-0.39, 0.29) is 0 Å². The van der Waals surface area contributed by atoms with Crippen LogP contribution in [0.15, 0.2) is 29.8 Å². The van der Waals surface area contributed by atoms with E-state index in [1.165, 1.54) is 16.0 Å². The first-order chi connectivity index (χ1) is 8.18. The van der Waals surface area contributed by atoms with Gasteiger partial charge < -0.3 is 5.32 Å². The molecule has 0 fully saturated rings. The zero-order chi connectivity index (χ0) is 12.3. The van der Waals surface area contributed by atoms with Gasteiger partial charge >= 0.3 is 0 Å². The van der Waals surface area contributed by atoms with Crippen LogP contribution < -0.4 is 5.32 Å². The van der Waals surface area contributed by atoms with E-state index in [9.17, 15) is 0 Å². The maximum absolute atomic E-state index is 4.26. The first-order valence-electron chi connectivity index (χ1n) is 5.86. The molecule has 0 spiro atoms. The fourth-order valence-electron chi connectivity index (χ4n) is 1.92. The van der Waals surface area contributed by atoms with Crippen LogP contribution in [0.4, 0.5) is 0 Å². The van der Waals surface area contributed by atoms with Crippen LogP contribution in [0.1, 0.15) is 34.7 Å². The minimum atomic E-state index is 0.373. The third-order valence-electron chi connectivity index (χ3n) is 3.07. The van der Waals surface area contributed by atoms with Crippen LogP contribution in [0.25, 0.3) is 0 Å². The normalized spacial score (nSPS) is 12.6. The van der Waals surface area contributed by atoms with Gasteiger partial charge in [0.2, 0.25) is 0 Å². The van der Waals surface area contributed by atoms with Gasteiger partial charge in [-0.05, 0) is 31.9 Å². The molecule has 1 N–H and O–H groups in total. The highest BCUT2D eigenvalue weighted by atomic mass is 32.1. The van der Waals surface area contributed by atoms with Crippen molar-refractivity contribution < 1.29 is 0 Å². The number of thiazole rings is 1. The van der Waals surface area contributed by atoms with E-state index in [1.54, 1.807) is 11.3 Å². The number of nitrogens with one attached hydrogen (secondary N) is 1. The van der Waals surface area contributed by atoms with Crippen LogP contribution in [-0.4, -0.2) is 4.98 Å². The quantitative estimate of drug-likeness (QED) is 0.891. The van der Waals surface area contributed by atoms with Gasteiger partial charge in [-0.3, -0.25) is 0 Å². The van der Waals surface area contributed by atoms with E-state index < -0.39 is 0 Å². The number of nitrogens with zero attached hydrogens (tertiary/aromatic N) is 1. The highest BCUT2D eigenvalue weighted by molar-refractivity contribution is 7.09. The molecule has 0 aliphatic heterocycles. The van der Waals surface area contributed by atoms with Gasteiger partial charge in [-0.15, -0.1) is 11.3 Å². The number of aromatic nitrogens is 1. The van der Waals surface area contributed by atoms with E-state index in [1.807, 2.05) is 5.51 Å². The summed E-state index contributed by atoms with van der Waals surface area (Å²) in [6, 6.07) is 8.90. The molecule has 1 aromatic heterocycles. The second-order valence-electron chi connectivity index (χ2n) is 4.32. The Kier molecular flexibility index (Phi) is 3.92. The van der Waals surface area contributed by atoms with Crippen molar-refractivity contribution in [2.24, 2.45) is 0 Å². The molecular weight excluding hydrogens is 228 g/mol. The Labute approximate surface area is 107 Å². The summed E-state index contributed by atoms with van der Waals surface area (Å²) in [5, 5.41) is 3.55. The van der Waals surface area contributed by atoms with Crippen LogP contribution in [0, 0.1) is 13.8 Å². The van der Waals surface area contributed by atoms with Gasteiger partial charge in [0, 0.05) is 17.5 Å². The van der Waals surface area contributed by atoms with Gasteiger partial charge in [-0.2, -0.15) is 0 Å². The summed E-state index contributed by atoms with van der Waals surface area (Å²) in [5.74, 6) is 0.